The van der Waals surface area contributed by atoms with E-state index >= 15 is 0 Å². The van der Waals surface area contributed by atoms with Crippen LogP contribution in [0, 0.1) is 5.92 Å². The maximum absolute atomic E-state index is 12.3. The molecule has 118 valence electrons. The minimum atomic E-state index is 0.372. The summed E-state index contributed by atoms with van der Waals surface area (Å²) in [4.78, 5) is 12.3. The molecule has 0 unspecified atom stereocenters. The monoisotopic (exact) mass is 290 g/mol. The highest BCUT2D eigenvalue weighted by Crippen LogP contribution is 2.26. The molecule has 1 aliphatic carbocycles. The van der Waals surface area contributed by atoms with E-state index in [1.807, 2.05) is 16.9 Å². The molecule has 1 aromatic heterocycles. The third-order valence-electron chi connectivity index (χ3n) is 4.85. The van der Waals surface area contributed by atoms with Gasteiger partial charge in [-0.05, 0) is 24.8 Å². The summed E-state index contributed by atoms with van der Waals surface area (Å²) in [6, 6.07) is 2.49. The Morgan fingerprint density at radius 3 is 2.52 bits per heavy atom. The zero-order chi connectivity index (χ0) is 15.1. The van der Waals surface area contributed by atoms with Gasteiger partial charge in [-0.1, -0.05) is 52.4 Å². The first-order valence-corrected chi connectivity index (χ1v) is 8.78. The van der Waals surface area contributed by atoms with Gasteiger partial charge in [0.25, 0.3) is 0 Å². The molecule has 0 spiro atoms. The molecule has 0 atom stereocenters. The maximum Gasteiger partial charge on any atom is 0.139 e. The number of rotatable bonds is 7. The average Bonchev–Trinajstić information content (AvgIpc) is 2.76. The maximum atomic E-state index is 12.3. The van der Waals surface area contributed by atoms with Gasteiger partial charge in [0.05, 0.1) is 18.2 Å². The van der Waals surface area contributed by atoms with Crippen LogP contribution in [-0.2, 0) is 11.2 Å². The van der Waals surface area contributed by atoms with Crippen molar-refractivity contribution >= 4 is 5.78 Å². The van der Waals surface area contributed by atoms with Crippen molar-refractivity contribution in [1.29, 1.82) is 0 Å². The minimum Gasteiger partial charge on any atom is -0.299 e. The van der Waals surface area contributed by atoms with Crippen LogP contribution in [0.5, 0.6) is 0 Å². The van der Waals surface area contributed by atoms with Crippen molar-refractivity contribution in [3.8, 4) is 0 Å². The molecule has 0 aliphatic heterocycles. The van der Waals surface area contributed by atoms with E-state index < -0.39 is 0 Å². The Morgan fingerprint density at radius 2 is 1.90 bits per heavy atom. The van der Waals surface area contributed by atoms with Crippen molar-refractivity contribution in [2.75, 3.05) is 0 Å². The third kappa shape index (κ3) is 4.98. The number of nitrogens with zero attached hydrogens (tertiary/aromatic N) is 2. The number of hydrogen-bond acceptors (Lipinski definition) is 2. The second kappa shape index (κ2) is 8.35. The third-order valence-corrected chi connectivity index (χ3v) is 4.85. The van der Waals surface area contributed by atoms with Gasteiger partial charge in [0, 0.05) is 12.6 Å². The van der Waals surface area contributed by atoms with Crippen molar-refractivity contribution in [2.24, 2.45) is 5.92 Å². The number of hydrogen-bond donors (Lipinski definition) is 0. The van der Waals surface area contributed by atoms with Crippen LogP contribution in [0.4, 0.5) is 0 Å². The molecule has 3 nitrogen and oxygen atoms in total. The van der Waals surface area contributed by atoms with Crippen LogP contribution >= 0.6 is 0 Å². The minimum absolute atomic E-state index is 0.372. The summed E-state index contributed by atoms with van der Waals surface area (Å²) in [5, 5.41) is 4.60. The van der Waals surface area contributed by atoms with Gasteiger partial charge in [-0.3, -0.25) is 9.48 Å². The molecular weight excluding hydrogens is 260 g/mol. The second-order valence-electron chi connectivity index (χ2n) is 6.53. The van der Waals surface area contributed by atoms with Crippen LogP contribution in [-0.4, -0.2) is 15.6 Å². The Morgan fingerprint density at radius 1 is 1.24 bits per heavy atom. The molecule has 1 fully saturated rings. The van der Waals surface area contributed by atoms with Gasteiger partial charge < -0.3 is 0 Å². The zero-order valence-electron chi connectivity index (χ0n) is 13.7. The Hall–Kier alpha value is -1.12. The average molecular weight is 290 g/mol. The lowest BCUT2D eigenvalue weighted by molar-refractivity contribution is -0.119. The molecule has 1 aliphatic rings. The lowest BCUT2D eigenvalue weighted by atomic mass is 9.93. The van der Waals surface area contributed by atoms with Crippen LogP contribution in [0.25, 0.3) is 0 Å². The summed E-state index contributed by atoms with van der Waals surface area (Å²) >= 11 is 0. The Balaban J connectivity index is 1.84. The molecule has 0 aromatic carbocycles. The standard InChI is InChI=1S/C18H30N2O/c1-3-17(4-2)20-12-11-16(19-20)14-18(21)13-15-9-7-5-6-8-10-15/h11-12,15,17H,3-10,13-14H2,1-2H3. The summed E-state index contributed by atoms with van der Waals surface area (Å²) < 4.78 is 2.04. The number of aromatic nitrogens is 2. The Labute approximate surface area is 129 Å². The number of Topliss-reactive ketones (excluding diaryl/α,β-unsaturated/α-hetero) is 1. The predicted octanol–water partition coefficient (Wildman–Crippen LogP) is 4.72. The first kappa shape index (κ1) is 16.3. The topological polar surface area (TPSA) is 34.9 Å². The van der Waals surface area contributed by atoms with Crippen molar-refractivity contribution in [1.82, 2.24) is 9.78 Å². The summed E-state index contributed by atoms with van der Waals surface area (Å²) in [7, 11) is 0. The first-order chi connectivity index (χ1) is 10.2. The van der Waals surface area contributed by atoms with Crippen molar-refractivity contribution in [3.63, 3.8) is 0 Å². The van der Waals surface area contributed by atoms with Gasteiger partial charge in [-0.15, -0.1) is 0 Å². The lowest BCUT2D eigenvalue weighted by Crippen LogP contribution is -2.12. The van der Waals surface area contributed by atoms with Gasteiger partial charge in [0.15, 0.2) is 0 Å². The van der Waals surface area contributed by atoms with Crippen molar-refractivity contribution < 1.29 is 4.79 Å². The lowest BCUT2D eigenvalue weighted by Gasteiger charge is -2.13. The predicted molar refractivity (Wildman–Crippen MR) is 86.4 cm³/mol. The van der Waals surface area contributed by atoms with Crippen molar-refractivity contribution in [3.05, 3.63) is 18.0 Å². The van der Waals surface area contributed by atoms with Gasteiger partial charge in [-0.25, -0.2) is 0 Å². The highest BCUT2D eigenvalue weighted by atomic mass is 16.1. The second-order valence-corrected chi connectivity index (χ2v) is 6.53. The number of carbonyl (C=O) groups excluding carboxylic acids is 1. The van der Waals surface area contributed by atoms with E-state index in [4.69, 9.17) is 0 Å². The fourth-order valence-corrected chi connectivity index (χ4v) is 3.50. The molecule has 3 heteroatoms. The van der Waals surface area contributed by atoms with Gasteiger partial charge >= 0.3 is 0 Å². The Bertz CT molecular complexity index is 426. The Kier molecular flexibility index (Phi) is 6.47. The summed E-state index contributed by atoms with van der Waals surface area (Å²) in [5.74, 6) is 0.998. The fourth-order valence-electron chi connectivity index (χ4n) is 3.50. The zero-order valence-corrected chi connectivity index (χ0v) is 13.7. The summed E-state index contributed by atoms with van der Waals surface area (Å²) in [6.45, 7) is 4.37. The van der Waals surface area contributed by atoms with E-state index in [-0.39, 0.29) is 0 Å². The van der Waals surface area contributed by atoms with Crippen molar-refractivity contribution in [2.45, 2.75) is 84.1 Å². The molecule has 0 saturated heterocycles. The molecule has 0 N–H and O–H groups in total. The normalized spacial score (nSPS) is 17.1. The van der Waals surface area contributed by atoms with Crippen LogP contribution in [0.2, 0.25) is 0 Å². The van der Waals surface area contributed by atoms with E-state index in [1.54, 1.807) is 0 Å². The summed E-state index contributed by atoms with van der Waals surface area (Å²) in [6.07, 6.45) is 13.3. The van der Waals surface area contributed by atoms with E-state index in [0.29, 0.717) is 24.2 Å². The highest BCUT2D eigenvalue weighted by Gasteiger charge is 2.17. The fraction of sp³-hybridized carbons (Fsp3) is 0.778. The van der Waals surface area contributed by atoms with Crippen LogP contribution in [0.3, 0.4) is 0 Å². The summed E-state index contributed by atoms with van der Waals surface area (Å²) in [5.41, 5.74) is 0.945. The number of carbonyl (C=O) groups is 1. The molecule has 0 amide bonds. The van der Waals surface area contributed by atoms with Gasteiger partial charge in [0.2, 0.25) is 0 Å². The van der Waals surface area contributed by atoms with Gasteiger partial charge in [0.1, 0.15) is 5.78 Å². The first-order valence-electron chi connectivity index (χ1n) is 8.78. The van der Waals surface area contributed by atoms with Gasteiger partial charge in [-0.2, -0.15) is 5.10 Å². The molecule has 2 rings (SSSR count). The molecule has 1 heterocycles. The molecule has 0 radical (unpaired) electrons. The highest BCUT2D eigenvalue weighted by molar-refractivity contribution is 5.80. The largest absolute Gasteiger partial charge is 0.299 e. The molecule has 0 bridgehead atoms. The molecule has 21 heavy (non-hydrogen) atoms. The van der Waals surface area contributed by atoms with E-state index in [1.165, 1.54) is 38.5 Å². The smallest absolute Gasteiger partial charge is 0.139 e. The van der Waals surface area contributed by atoms with E-state index in [0.717, 1.165) is 25.0 Å². The van der Waals surface area contributed by atoms with E-state index in [2.05, 4.69) is 18.9 Å². The quantitative estimate of drug-likeness (QED) is 0.681. The van der Waals surface area contributed by atoms with E-state index in [9.17, 15) is 4.79 Å². The SMILES string of the molecule is CCC(CC)n1ccc(CC(=O)CC2CCCCCC2)n1. The van der Waals surface area contributed by atoms with Crippen LogP contribution in [0.15, 0.2) is 12.3 Å². The molecule has 1 saturated carbocycles. The molecular formula is C18H30N2O. The number of ketones is 1. The van der Waals surface area contributed by atoms with Crippen LogP contribution in [0.1, 0.15) is 83.4 Å². The molecule has 1 aromatic rings. The van der Waals surface area contributed by atoms with Crippen LogP contribution < -0.4 is 0 Å².